The summed E-state index contributed by atoms with van der Waals surface area (Å²) in [6.07, 6.45) is 0.634. The third-order valence-electron chi connectivity index (χ3n) is 3.09. The fraction of sp³-hybridized carbons (Fsp3) is 0.467. The van der Waals surface area contributed by atoms with Gasteiger partial charge in [0.05, 0.1) is 0 Å². The maximum absolute atomic E-state index is 10.9. The molecule has 0 bridgehead atoms. The zero-order valence-corrected chi connectivity index (χ0v) is 11.9. The molecule has 0 radical (unpaired) electrons. The van der Waals surface area contributed by atoms with Crippen LogP contribution < -0.4 is 5.32 Å². The molecule has 0 spiro atoms. The zero-order chi connectivity index (χ0) is 14.6. The minimum Gasteiger partial charge on any atom is -0.474 e. The predicted molar refractivity (Wildman–Crippen MR) is 74.2 cm³/mol. The van der Waals surface area contributed by atoms with Crippen molar-refractivity contribution < 1.29 is 14.7 Å². The summed E-state index contributed by atoms with van der Waals surface area (Å²) in [6.45, 7) is 8.79. The smallest absolute Gasteiger partial charge is 0.394 e. The lowest BCUT2D eigenvalue weighted by molar-refractivity contribution is -0.150. The normalized spacial score (nSPS) is 11.2. The van der Waals surface area contributed by atoms with Gasteiger partial charge in [0.2, 0.25) is 0 Å². The molecule has 0 aliphatic carbocycles. The van der Waals surface area contributed by atoms with Gasteiger partial charge in [-0.1, -0.05) is 39.0 Å². The van der Waals surface area contributed by atoms with Gasteiger partial charge in [0.15, 0.2) is 0 Å². The van der Waals surface area contributed by atoms with Gasteiger partial charge in [0, 0.05) is 6.54 Å². The Labute approximate surface area is 113 Å². The lowest BCUT2D eigenvalue weighted by Crippen LogP contribution is -2.32. The van der Waals surface area contributed by atoms with E-state index in [0.717, 1.165) is 11.1 Å². The second-order valence-corrected chi connectivity index (χ2v) is 5.70. The largest absolute Gasteiger partial charge is 0.474 e. The van der Waals surface area contributed by atoms with Crippen LogP contribution in [0, 0.1) is 6.92 Å². The van der Waals surface area contributed by atoms with Gasteiger partial charge in [0.1, 0.15) is 0 Å². The molecule has 0 fully saturated rings. The molecule has 104 valence electrons. The number of carboxylic acids is 1. The van der Waals surface area contributed by atoms with Gasteiger partial charge in [-0.15, -0.1) is 0 Å². The van der Waals surface area contributed by atoms with Gasteiger partial charge in [-0.3, -0.25) is 4.79 Å². The van der Waals surface area contributed by atoms with Crippen molar-refractivity contribution in [2.45, 2.75) is 39.5 Å². The number of benzene rings is 1. The molecule has 4 nitrogen and oxygen atoms in total. The van der Waals surface area contributed by atoms with Gasteiger partial charge >= 0.3 is 11.9 Å². The number of carbonyl (C=O) groups excluding carboxylic acids is 1. The van der Waals surface area contributed by atoms with Crippen LogP contribution in [0.5, 0.6) is 0 Å². The van der Waals surface area contributed by atoms with Crippen LogP contribution >= 0.6 is 0 Å². The molecule has 0 aliphatic rings. The summed E-state index contributed by atoms with van der Waals surface area (Å²) in [5.74, 6) is -2.40. The molecule has 4 heteroatoms. The van der Waals surface area contributed by atoms with E-state index in [4.69, 9.17) is 5.11 Å². The van der Waals surface area contributed by atoms with Crippen LogP contribution in [-0.2, 0) is 21.4 Å². The van der Waals surface area contributed by atoms with Gasteiger partial charge in [-0.2, -0.15) is 0 Å². The van der Waals surface area contributed by atoms with Crippen molar-refractivity contribution in [3.05, 3.63) is 34.9 Å². The number of amides is 1. The quantitative estimate of drug-likeness (QED) is 0.820. The molecule has 1 rings (SSSR count). The molecule has 0 saturated carbocycles. The standard InChI is InChI=1S/C15H21NO3/c1-10-5-6-12(15(2,3)4)9-11(10)7-8-16-13(17)14(18)19/h5-6,9H,7-8H2,1-4H3,(H,16,17)(H,18,19). The van der Waals surface area contributed by atoms with Crippen LogP contribution in [0.1, 0.15) is 37.5 Å². The third-order valence-corrected chi connectivity index (χ3v) is 3.09. The van der Waals surface area contributed by atoms with Crippen LogP contribution in [0.15, 0.2) is 18.2 Å². The molecule has 0 atom stereocenters. The van der Waals surface area contributed by atoms with Crippen molar-refractivity contribution in [1.82, 2.24) is 5.32 Å². The number of carbonyl (C=O) groups is 2. The summed E-state index contributed by atoms with van der Waals surface area (Å²) in [5.41, 5.74) is 3.60. The van der Waals surface area contributed by atoms with E-state index in [2.05, 4.69) is 44.3 Å². The van der Waals surface area contributed by atoms with Crippen LogP contribution in [0.3, 0.4) is 0 Å². The van der Waals surface area contributed by atoms with Crippen molar-refractivity contribution in [3.63, 3.8) is 0 Å². The molecule has 0 saturated heterocycles. The summed E-state index contributed by atoms with van der Waals surface area (Å²) in [7, 11) is 0. The SMILES string of the molecule is Cc1ccc(C(C)(C)C)cc1CCNC(=O)C(=O)O. The molecule has 19 heavy (non-hydrogen) atoms. The molecule has 0 aliphatic heterocycles. The first-order chi connectivity index (χ1) is 8.71. The van der Waals surface area contributed by atoms with E-state index < -0.39 is 11.9 Å². The Morgan fingerprint density at radius 2 is 1.89 bits per heavy atom. The summed E-state index contributed by atoms with van der Waals surface area (Å²) in [5, 5.41) is 10.9. The van der Waals surface area contributed by atoms with E-state index >= 15 is 0 Å². The number of hydrogen-bond acceptors (Lipinski definition) is 2. The fourth-order valence-corrected chi connectivity index (χ4v) is 1.79. The van der Waals surface area contributed by atoms with Crippen molar-refractivity contribution in [1.29, 1.82) is 0 Å². The topological polar surface area (TPSA) is 66.4 Å². The first kappa shape index (κ1) is 15.2. The highest BCUT2D eigenvalue weighted by molar-refractivity contribution is 6.31. The number of hydrogen-bond donors (Lipinski definition) is 2. The van der Waals surface area contributed by atoms with Crippen LogP contribution in [0.2, 0.25) is 0 Å². The summed E-state index contributed by atoms with van der Waals surface area (Å²) in [6, 6.07) is 6.30. The molecule has 1 aromatic carbocycles. The predicted octanol–water partition coefficient (Wildman–Crippen LogP) is 2.04. The Morgan fingerprint density at radius 1 is 1.26 bits per heavy atom. The minimum atomic E-state index is -1.44. The Balaban J connectivity index is 2.73. The minimum absolute atomic E-state index is 0.0762. The van der Waals surface area contributed by atoms with E-state index in [9.17, 15) is 9.59 Å². The number of aryl methyl sites for hydroxylation is 1. The first-order valence-electron chi connectivity index (χ1n) is 6.33. The second kappa shape index (κ2) is 5.87. The van der Waals surface area contributed by atoms with Crippen molar-refractivity contribution in [3.8, 4) is 0 Å². The van der Waals surface area contributed by atoms with Crippen molar-refractivity contribution in [2.75, 3.05) is 6.54 Å². The summed E-state index contributed by atoms with van der Waals surface area (Å²) in [4.78, 5) is 21.3. The average Bonchev–Trinajstić information content (AvgIpc) is 2.29. The highest BCUT2D eigenvalue weighted by Gasteiger charge is 2.15. The Bertz CT molecular complexity index is 487. The number of nitrogens with one attached hydrogen (secondary N) is 1. The molecule has 0 heterocycles. The van der Waals surface area contributed by atoms with E-state index in [1.54, 1.807) is 0 Å². The Hall–Kier alpha value is -1.84. The summed E-state index contributed by atoms with van der Waals surface area (Å²) >= 11 is 0. The van der Waals surface area contributed by atoms with Gasteiger partial charge in [0.25, 0.3) is 0 Å². The molecule has 2 N–H and O–H groups in total. The summed E-state index contributed by atoms with van der Waals surface area (Å²) < 4.78 is 0. The van der Waals surface area contributed by atoms with E-state index in [1.165, 1.54) is 5.56 Å². The fourth-order valence-electron chi connectivity index (χ4n) is 1.79. The Kier molecular flexibility index (Phi) is 4.70. The lowest BCUT2D eigenvalue weighted by atomic mass is 9.85. The maximum atomic E-state index is 10.9. The van der Waals surface area contributed by atoms with Gasteiger partial charge < -0.3 is 10.4 Å². The number of aliphatic carboxylic acids is 1. The monoisotopic (exact) mass is 263 g/mol. The molecule has 1 aromatic rings. The van der Waals surface area contributed by atoms with Crippen LogP contribution in [-0.4, -0.2) is 23.5 Å². The van der Waals surface area contributed by atoms with E-state index in [0.29, 0.717) is 13.0 Å². The van der Waals surface area contributed by atoms with Gasteiger partial charge in [-0.25, -0.2) is 4.79 Å². The number of rotatable bonds is 3. The third kappa shape index (κ3) is 4.39. The van der Waals surface area contributed by atoms with E-state index in [1.807, 2.05) is 6.92 Å². The number of carboxylic acid groups (broad SMARTS) is 1. The molecule has 0 aromatic heterocycles. The van der Waals surface area contributed by atoms with Crippen molar-refractivity contribution >= 4 is 11.9 Å². The average molecular weight is 263 g/mol. The van der Waals surface area contributed by atoms with Gasteiger partial charge in [-0.05, 0) is 35.4 Å². The molecular weight excluding hydrogens is 242 g/mol. The van der Waals surface area contributed by atoms with E-state index in [-0.39, 0.29) is 5.41 Å². The van der Waals surface area contributed by atoms with Crippen LogP contribution in [0.25, 0.3) is 0 Å². The first-order valence-corrected chi connectivity index (χ1v) is 6.33. The van der Waals surface area contributed by atoms with Crippen molar-refractivity contribution in [2.24, 2.45) is 0 Å². The molecule has 0 unspecified atom stereocenters. The highest BCUT2D eigenvalue weighted by atomic mass is 16.4. The molecule has 1 amide bonds. The zero-order valence-electron chi connectivity index (χ0n) is 11.9. The second-order valence-electron chi connectivity index (χ2n) is 5.70. The lowest BCUT2D eigenvalue weighted by Gasteiger charge is -2.21. The highest BCUT2D eigenvalue weighted by Crippen LogP contribution is 2.24. The maximum Gasteiger partial charge on any atom is 0.394 e. The Morgan fingerprint density at radius 3 is 2.42 bits per heavy atom. The molecular formula is C15H21NO3. The van der Waals surface area contributed by atoms with Crippen LogP contribution in [0.4, 0.5) is 0 Å².